The average Bonchev–Trinajstić information content (AvgIpc) is 3.33. The van der Waals surface area contributed by atoms with E-state index in [0.717, 1.165) is 18.5 Å². The van der Waals surface area contributed by atoms with Crippen LogP contribution in [0.15, 0.2) is 35.3 Å². The van der Waals surface area contributed by atoms with Crippen molar-refractivity contribution in [1.29, 1.82) is 0 Å². The number of nitrogens with one attached hydrogen (secondary N) is 2. The number of aliphatic imine (C=N–C) groups is 1. The van der Waals surface area contributed by atoms with Crippen LogP contribution in [0.5, 0.6) is 0 Å². The van der Waals surface area contributed by atoms with E-state index in [1.54, 1.807) is 7.11 Å². The molecule has 0 radical (unpaired) electrons. The van der Waals surface area contributed by atoms with Crippen molar-refractivity contribution in [1.82, 2.24) is 15.5 Å². The molecular formula is C20H33IN4O. The first-order valence-corrected chi connectivity index (χ1v) is 9.59. The van der Waals surface area contributed by atoms with Crippen LogP contribution in [-0.4, -0.2) is 56.7 Å². The van der Waals surface area contributed by atoms with Crippen molar-refractivity contribution in [2.24, 2.45) is 4.99 Å². The Balaban J connectivity index is 0.00000243. The number of benzene rings is 1. The van der Waals surface area contributed by atoms with Crippen LogP contribution in [-0.2, 0) is 4.74 Å². The molecule has 2 aliphatic rings. The molecule has 6 heteroatoms. The third-order valence-corrected chi connectivity index (χ3v) is 5.54. The first kappa shape index (κ1) is 21.4. The van der Waals surface area contributed by atoms with Crippen molar-refractivity contribution in [3.05, 3.63) is 35.9 Å². The lowest BCUT2D eigenvalue weighted by molar-refractivity contribution is 0.106. The smallest absolute Gasteiger partial charge is 0.191 e. The molecule has 26 heavy (non-hydrogen) atoms. The summed E-state index contributed by atoms with van der Waals surface area (Å²) in [5.41, 5.74) is 1.18. The number of methoxy groups -OCH3 is 1. The molecule has 2 fully saturated rings. The van der Waals surface area contributed by atoms with E-state index in [1.807, 2.05) is 25.2 Å². The van der Waals surface area contributed by atoms with E-state index in [9.17, 15) is 0 Å². The number of hydrogen-bond acceptors (Lipinski definition) is 3. The van der Waals surface area contributed by atoms with Crippen molar-refractivity contribution in [3.8, 4) is 0 Å². The Morgan fingerprint density at radius 1 is 1.23 bits per heavy atom. The summed E-state index contributed by atoms with van der Waals surface area (Å²) in [7, 11) is 3.59. The molecule has 146 valence electrons. The van der Waals surface area contributed by atoms with Gasteiger partial charge in [-0.3, -0.25) is 9.89 Å². The highest BCUT2D eigenvalue weighted by Crippen LogP contribution is 2.26. The summed E-state index contributed by atoms with van der Waals surface area (Å²) in [5, 5.41) is 7.02. The number of likely N-dealkylation sites (tertiary alicyclic amines) is 1. The minimum absolute atomic E-state index is 0. The minimum atomic E-state index is 0. The molecule has 1 saturated carbocycles. The monoisotopic (exact) mass is 472 g/mol. The minimum Gasteiger partial charge on any atom is -0.375 e. The van der Waals surface area contributed by atoms with E-state index in [2.05, 4.69) is 32.7 Å². The maximum Gasteiger partial charge on any atom is 0.191 e. The van der Waals surface area contributed by atoms with Crippen molar-refractivity contribution >= 4 is 29.9 Å². The molecule has 2 N–H and O–H groups in total. The fourth-order valence-corrected chi connectivity index (χ4v) is 4.09. The summed E-state index contributed by atoms with van der Waals surface area (Å²) in [6.45, 7) is 3.06. The zero-order valence-electron chi connectivity index (χ0n) is 16.0. The van der Waals surface area contributed by atoms with E-state index >= 15 is 0 Å². The van der Waals surface area contributed by atoms with Gasteiger partial charge in [0.15, 0.2) is 5.96 Å². The van der Waals surface area contributed by atoms with Crippen molar-refractivity contribution in [2.45, 2.75) is 50.3 Å². The molecule has 1 saturated heterocycles. The Kier molecular flexibility index (Phi) is 9.15. The summed E-state index contributed by atoms with van der Waals surface area (Å²) >= 11 is 0. The van der Waals surface area contributed by atoms with Gasteiger partial charge in [0.25, 0.3) is 0 Å². The van der Waals surface area contributed by atoms with Crippen LogP contribution in [0.4, 0.5) is 0 Å². The van der Waals surface area contributed by atoms with Gasteiger partial charge in [0.1, 0.15) is 0 Å². The summed E-state index contributed by atoms with van der Waals surface area (Å²) in [5.74, 6) is 0.872. The lowest BCUT2D eigenvalue weighted by Crippen LogP contribution is -2.46. The largest absolute Gasteiger partial charge is 0.375 e. The van der Waals surface area contributed by atoms with Gasteiger partial charge in [0.2, 0.25) is 0 Å². The second-order valence-electron chi connectivity index (χ2n) is 7.15. The topological polar surface area (TPSA) is 48.9 Å². The fourth-order valence-electron chi connectivity index (χ4n) is 4.09. The lowest BCUT2D eigenvalue weighted by Gasteiger charge is -2.24. The molecule has 3 rings (SSSR count). The molecule has 0 aromatic heterocycles. The SMILES string of the molecule is CN=C(NCC(OC)c1ccccc1)NC1CCN(C2CCCC2)C1.I. The summed E-state index contributed by atoms with van der Waals surface area (Å²) in [4.78, 5) is 7.06. The second-order valence-corrected chi connectivity index (χ2v) is 7.15. The predicted molar refractivity (Wildman–Crippen MR) is 118 cm³/mol. The molecular weight excluding hydrogens is 439 g/mol. The van der Waals surface area contributed by atoms with Gasteiger partial charge in [-0.05, 0) is 24.8 Å². The number of ether oxygens (including phenoxy) is 1. The van der Waals surface area contributed by atoms with Gasteiger partial charge in [-0.2, -0.15) is 0 Å². The van der Waals surface area contributed by atoms with Crippen LogP contribution >= 0.6 is 24.0 Å². The summed E-state index contributed by atoms with van der Waals surface area (Å²) < 4.78 is 5.63. The third-order valence-electron chi connectivity index (χ3n) is 5.54. The molecule has 0 bridgehead atoms. The van der Waals surface area contributed by atoms with Crippen LogP contribution in [0.1, 0.15) is 43.8 Å². The number of guanidine groups is 1. The molecule has 0 amide bonds. The van der Waals surface area contributed by atoms with Gasteiger partial charge < -0.3 is 15.4 Å². The van der Waals surface area contributed by atoms with Crippen molar-refractivity contribution in [2.75, 3.05) is 33.8 Å². The Morgan fingerprint density at radius 2 is 1.96 bits per heavy atom. The molecule has 1 aromatic carbocycles. The molecule has 1 heterocycles. The standard InChI is InChI=1S/C20H32N4O.HI/c1-21-20(22-14-19(25-2)16-8-4-3-5-9-16)23-17-12-13-24(15-17)18-10-6-7-11-18;/h3-5,8-9,17-19H,6-7,10-15H2,1-2H3,(H2,21,22,23);1H. The highest BCUT2D eigenvalue weighted by molar-refractivity contribution is 14.0. The summed E-state index contributed by atoms with van der Waals surface area (Å²) in [6.07, 6.45) is 6.79. The third kappa shape index (κ3) is 5.82. The molecule has 0 spiro atoms. The van der Waals surface area contributed by atoms with Gasteiger partial charge in [-0.1, -0.05) is 43.2 Å². The van der Waals surface area contributed by atoms with E-state index in [1.165, 1.54) is 44.2 Å². The highest BCUT2D eigenvalue weighted by atomic mass is 127. The van der Waals surface area contributed by atoms with Crippen LogP contribution in [0, 0.1) is 0 Å². The summed E-state index contributed by atoms with van der Waals surface area (Å²) in [6, 6.07) is 11.6. The quantitative estimate of drug-likeness (QED) is 0.380. The molecule has 1 aromatic rings. The van der Waals surface area contributed by atoms with Crippen molar-refractivity contribution < 1.29 is 4.74 Å². The van der Waals surface area contributed by atoms with E-state index < -0.39 is 0 Å². The van der Waals surface area contributed by atoms with Crippen LogP contribution in [0.2, 0.25) is 0 Å². The molecule has 2 atom stereocenters. The number of hydrogen-bond donors (Lipinski definition) is 2. The average molecular weight is 472 g/mol. The predicted octanol–water partition coefficient (Wildman–Crippen LogP) is 3.17. The van der Waals surface area contributed by atoms with Crippen LogP contribution in [0.25, 0.3) is 0 Å². The lowest BCUT2D eigenvalue weighted by atomic mass is 10.1. The zero-order chi connectivity index (χ0) is 17.5. The second kappa shape index (κ2) is 11.1. The Hall–Kier alpha value is -0.860. The fraction of sp³-hybridized carbons (Fsp3) is 0.650. The first-order valence-electron chi connectivity index (χ1n) is 9.59. The first-order chi connectivity index (χ1) is 12.3. The maximum atomic E-state index is 5.63. The Bertz CT molecular complexity index is 548. The van der Waals surface area contributed by atoms with Crippen LogP contribution in [0.3, 0.4) is 0 Å². The van der Waals surface area contributed by atoms with Crippen LogP contribution < -0.4 is 10.6 Å². The van der Waals surface area contributed by atoms with Gasteiger partial charge in [-0.15, -0.1) is 24.0 Å². The van der Waals surface area contributed by atoms with E-state index in [-0.39, 0.29) is 30.1 Å². The molecule has 5 nitrogen and oxygen atoms in total. The maximum absolute atomic E-state index is 5.63. The van der Waals surface area contributed by atoms with Gasteiger partial charge in [0.05, 0.1) is 6.10 Å². The number of halogens is 1. The molecule has 1 aliphatic carbocycles. The van der Waals surface area contributed by atoms with Gasteiger partial charge >= 0.3 is 0 Å². The molecule has 2 unspecified atom stereocenters. The van der Waals surface area contributed by atoms with E-state index in [0.29, 0.717) is 12.6 Å². The zero-order valence-corrected chi connectivity index (χ0v) is 18.3. The Morgan fingerprint density at radius 3 is 2.62 bits per heavy atom. The number of rotatable bonds is 6. The Labute approximate surface area is 175 Å². The van der Waals surface area contributed by atoms with E-state index in [4.69, 9.17) is 4.74 Å². The van der Waals surface area contributed by atoms with Gasteiger partial charge in [-0.25, -0.2) is 0 Å². The highest BCUT2D eigenvalue weighted by Gasteiger charge is 2.30. The van der Waals surface area contributed by atoms with Crippen molar-refractivity contribution in [3.63, 3.8) is 0 Å². The van der Waals surface area contributed by atoms with Gasteiger partial charge in [0, 0.05) is 45.9 Å². The number of nitrogens with zero attached hydrogens (tertiary/aromatic N) is 2. The normalized spacial score (nSPS) is 22.8. The molecule has 1 aliphatic heterocycles.